The van der Waals surface area contributed by atoms with Gasteiger partial charge in [0.15, 0.2) is 5.79 Å². The third kappa shape index (κ3) is 4.11. The molecule has 140 valence electrons. The Balaban J connectivity index is 2.22. The number of rotatable bonds is 9. The number of hydrogen-bond acceptors (Lipinski definition) is 6. The maximum atomic E-state index is 10.8. The van der Waals surface area contributed by atoms with Gasteiger partial charge < -0.3 is 24.2 Å². The highest BCUT2D eigenvalue weighted by Crippen LogP contribution is 2.41. The van der Waals surface area contributed by atoms with Crippen LogP contribution in [0.5, 0.6) is 0 Å². The topological polar surface area (TPSA) is 60.4 Å². The minimum Gasteiger partial charge on any atom is -0.382 e. The van der Waals surface area contributed by atoms with Crippen LogP contribution in [-0.2, 0) is 25.5 Å². The predicted octanol–water partition coefficient (Wildman–Crippen LogP) is 2.62. The molecule has 1 aliphatic heterocycles. The first-order chi connectivity index (χ1) is 11.9. The average molecular weight is 351 g/mol. The molecule has 0 aliphatic carbocycles. The largest absolute Gasteiger partial charge is 0.382 e. The third-order valence-corrected chi connectivity index (χ3v) is 4.86. The Hall–Kier alpha value is -1.28. The van der Waals surface area contributed by atoms with Gasteiger partial charge in [0.2, 0.25) is 0 Å². The Labute approximate surface area is 149 Å². The van der Waals surface area contributed by atoms with Crippen LogP contribution >= 0.6 is 0 Å². The van der Waals surface area contributed by atoms with Crippen molar-refractivity contribution < 1.29 is 24.2 Å². The second kappa shape index (κ2) is 8.40. The Morgan fingerprint density at radius 1 is 1.20 bits per heavy atom. The molecule has 0 saturated carbocycles. The summed E-state index contributed by atoms with van der Waals surface area (Å²) in [5.74, 6) is -1.11. The van der Waals surface area contributed by atoms with Crippen LogP contribution in [-0.4, -0.2) is 61.2 Å². The van der Waals surface area contributed by atoms with Crippen molar-refractivity contribution in [2.24, 2.45) is 0 Å². The molecule has 1 aromatic carbocycles. The summed E-state index contributed by atoms with van der Waals surface area (Å²) >= 11 is 0. The fourth-order valence-electron chi connectivity index (χ4n) is 3.05. The molecule has 0 spiro atoms. The molecule has 2 rings (SSSR count). The van der Waals surface area contributed by atoms with E-state index < -0.39 is 11.3 Å². The minimum atomic E-state index is -1.11. The van der Waals surface area contributed by atoms with Gasteiger partial charge in [-0.25, -0.2) is 0 Å². The predicted molar refractivity (Wildman–Crippen MR) is 94.3 cm³/mol. The fourth-order valence-corrected chi connectivity index (χ4v) is 3.05. The van der Waals surface area contributed by atoms with Gasteiger partial charge in [0.25, 0.3) is 0 Å². The number of hydroxylamine groups is 2. The van der Waals surface area contributed by atoms with Crippen molar-refractivity contribution in [1.82, 2.24) is 5.06 Å². The van der Waals surface area contributed by atoms with Gasteiger partial charge in [-0.2, -0.15) is 5.06 Å². The zero-order valence-corrected chi connectivity index (χ0v) is 15.5. The highest BCUT2D eigenvalue weighted by atomic mass is 16.8. The molecule has 6 heteroatoms. The molecule has 0 aromatic heterocycles. The van der Waals surface area contributed by atoms with Crippen LogP contribution in [0.25, 0.3) is 0 Å². The molecular formula is C19H29NO5. The second-order valence-corrected chi connectivity index (χ2v) is 6.56. The average Bonchev–Trinajstić information content (AvgIpc) is 2.92. The number of ether oxygens (including phenoxy) is 4. The molecule has 25 heavy (non-hydrogen) atoms. The van der Waals surface area contributed by atoms with Crippen LogP contribution in [0.4, 0.5) is 0 Å². The van der Waals surface area contributed by atoms with E-state index in [2.05, 4.69) is 6.58 Å². The van der Waals surface area contributed by atoms with E-state index in [1.165, 1.54) is 5.06 Å². The van der Waals surface area contributed by atoms with E-state index in [9.17, 15) is 5.21 Å². The highest BCUT2D eigenvalue weighted by Gasteiger charge is 2.57. The first kappa shape index (κ1) is 20.0. The standard InChI is InChI=1S/C19H29NO5/c1-6-18(2,20(21)12-15-10-8-7-9-11-15)19(3)24-16(13-22-4)17(25-19)14-23-5/h6-11,16-17,21H,1,12-14H2,2-5H3/t16-,17-,18?/m0/s1. The van der Waals surface area contributed by atoms with Crippen molar-refractivity contribution in [3.63, 3.8) is 0 Å². The van der Waals surface area contributed by atoms with Crippen molar-refractivity contribution >= 4 is 0 Å². The summed E-state index contributed by atoms with van der Waals surface area (Å²) in [4.78, 5) is 0. The van der Waals surface area contributed by atoms with Gasteiger partial charge in [-0.1, -0.05) is 36.4 Å². The van der Waals surface area contributed by atoms with E-state index in [1.54, 1.807) is 27.2 Å². The molecule has 1 aromatic rings. The summed E-state index contributed by atoms with van der Waals surface area (Å²) in [7, 11) is 3.23. The number of benzene rings is 1. The molecule has 1 N–H and O–H groups in total. The van der Waals surface area contributed by atoms with Gasteiger partial charge in [-0.15, -0.1) is 6.58 Å². The highest BCUT2D eigenvalue weighted by molar-refractivity contribution is 5.17. The lowest BCUT2D eigenvalue weighted by Gasteiger charge is -2.44. The molecular weight excluding hydrogens is 322 g/mol. The number of nitrogens with zero attached hydrogens (tertiary/aromatic N) is 1. The van der Waals surface area contributed by atoms with Gasteiger partial charge in [-0.05, 0) is 19.4 Å². The Kier molecular flexibility index (Phi) is 6.73. The maximum absolute atomic E-state index is 10.8. The molecule has 1 fully saturated rings. The summed E-state index contributed by atoms with van der Waals surface area (Å²) < 4.78 is 22.8. The lowest BCUT2D eigenvalue weighted by Crippen LogP contribution is -2.59. The summed E-state index contributed by atoms with van der Waals surface area (Å²) in [5, 5.41) is 12.0. The van der Waals surface area contributed by atoms with Crippen molar-refractivity contribution in [2.45, 2.75) is 43.9 Å². The molecule has 0 radical (unpaired) electrons. The minimum absolute atomic E-state index is 0.292. The van der Waals surface area contributed by atoms with Crippen LogP contribution in [0.2, 0.25) is 0 Å². The van der Waals surface area contributed by atoms with Crippen LogP contribution in [0.15, 0.2) is 43.0 Å². The van der Waals surface area contributed by atoms with E-state index in [4.69, 9.17) is 18.9 Å². The Morgan fingerprint density at radius 3 is 2.16 bits per heavy atom. The molecule has 1 aliphatic rings. The summed E-state index contributed by atoms with van der Waals surface area (Å²) in [6, 6.07) is 9.71. The normalized spacial score (nSPS) is 25.0. The van der Waals surface area contributed by atoms with Crippen molar-refractivity contribution in [1.29, 1.82) is 0 Å². The molecule has 0 bridgehead atoms. The molecule has 6 nitrogen and oxygen atoms in total. The van der Waals surface area contributed by atoms with Crippen LogP contribution in [0.1, 0.15) is 19.4 Å². The number of hydrogen-bond donors (Lipinski definition) is 1. The molecule has 1 unspecified atom stereocenters. The summed E-state index contributed by atoms with van der Waals surface area (Å²) in [6.45, 7) is 8.61. The quantitative estimate of drug-likeness (QED) is 0.545. The first-order valence-corrected chi connectivity index (χ1v) is 8.37. The van der Waals surface area contributed by atoms with Crippen molar-refractivity contribution in [2.75, 3.05) is 27.4 Å². The third-order valence-electron chi connectivity index (χ3n) is 4.86. The maximum Gasteiger partial charge on any atom is 0.190 e. The second-order valence-electron chi connectivity index (χ2n) is 6.56. The van der Waals surface area contributed by atoms with E-state index in [0.717, 1.165) is 5.56 Å². The van der Waals surface area contributed by atoms with Crippen LogP contribution in [0.3, 0.4) is 0 Å². The van der Waals surface area contributed by atoms with E-state index in [-0.39, 0.29) is 12.2 Å². The van der Waals surface area contributed by atoms with Gasteiger partial charge in [0.1, 0.15) is 17.7 Å². The van der Waals surface area contributed by atoms with Crippen molar-refractivity contribution in [3.8, 4) is 0 Å². The van der Waals surface area contributed by atoms with Gasteiger partial charge in [0.05, 0.1) is 19.8 Å². The molecule has 0 amide bonds. The van der Waals surface area contributed by atoms with E-state index in [1.807, 2.05) is 37.3 Å². The fraction of sp³-hybridized carbons (Fsp3) is 0.579. The molecule has 1 saturated heterocycles. The lowest BCUT2D eigenvalue weighted by atomic mass is 9.91. The van der Waals surface area contributed by atoms with Crippen LogP contribution in [0, 0.1) is 0 Å². The zero-order chi connectivity index (χ0) is 18.5. The first-order valence-electron chi connectivity index (χ1n) is 8.37. The van der Waals surface area contributed by atoms with Crippen LogP contribution < -0.4 is 0 Å². The summed E-state index contributed by atoms with van der Waals surface area (Å²) in [6.07, 6.45) is 1.06. The number of methoxy groups -OCH3 is 2. The summed E-state index contributed by atoms with van der Waals surface area (Å²) in [5.41, 5.74) is -0.00121. The Morgan fingerprint density at radius 2 is 1.72 bits per heavy atom. The van der Waals surface area contributed by atoms with Crippen molar-refractivity contribution in [3.05, 3.63) is 48.6 Å². The smallest absolute Gasteiger partial charge is 0.190 e. The lowest BCUT2D eigenvalue weighted by molar-refractivity contribution is -0.291. The Bertz CT molecular complexity index is 538. The van der Waals surface area contributed by atoms with Gasteiger partial charge >= 0.3 is 0 Å². The van der Waals surface area contributed by atoms with Gasteiger partial charge in [-0.3, -0.25) is 0 Å². The molecule has 1 heterocycles. The van der Waals surface area contributed by atoms with E-state index >= 15 is 0 Å². The zero-order valence-electron chi connectivity index (χ0n) is 15.5. The van der Waals surface area contributed by atoms with Gasteiger partial charge in [0, 0.05) is 14.2 Å². The molecule has 3 atom stereocenters. The SMILES string of the molecule is C=CC(C)(N(O)Cc1ccccc1)C1(C)O[C@@H](COC)[C@H](COC)O1. The monoisotopic (exact) mass is 351 g/mol. The van der Waals surface area contributed by atoms with E-state index in [0.29, 0.717) is 19.8 Å².